The third kappa shape index (κ3) is 7.99. The average molecular weight is 521 g/mol. The van der Waals surface area contributed by atoms with Crippen LogP contribution in [0.1, 0.15) is 73.9 Å². The van der Waals surface area contributed by atoms with Crippen molar-refractivity contribution in [2.75, 3.05) is 33.2 Å². The Bertz CT molecular complexity index is 925. The number of rotatable bonds is 4. The molecular weight excluding hydrogens is 472 g/mol. The Morgan fingerprint density at radius 3 is 1.70 bits per heavy atom. The molecule has 0 spiro atoms. The molecule has 2 aliphatic heterocycles. The number of benzene rings is 1. The van der Waals surface area contributed by atoms with Gasteiger partial charge in [0.2, 0.25) is 0 Å². The van der Waals surface area contributed by atoms with E-state index in [2.05, 4.69) is 24.0 Å². The number of nitrogens with zero attached hydrogens (tertiary/aromatic N) is 2. The second-order valence-corrected chi connectivity index (χ2v) is 13.1. The van der Waals surface area contributed by atoms with Gasteiger partial charge in [-0.05, 0) is 74.9 Å². The Morgan fingerprint density at radius 2 is 1.30 bits per heavy atom. The maximum Gasteiger partial charge on any atom is 0.316 e. The van der Waals surface area contributed by atoms with E-state index >= 15 is 0 Å². The second-order valence-electron chi connectivity index (χ2n) is 13.1. The molecule has 5 atom stereocenters. The van der Waals surface area contributed by atoms with E-state index in [1.807, 2.05) is 71.7 Å². The van der Waals surface area contributed by atoms with Gasteiger partial charge >= 0.3 is 11.9 Å². The number of hydrogen-bond acceptors (Lipinski definition) is 8. The quantitative estimate of drug-likeness (QED) is 0.583. The fourth-order valence-corrected chi connectivity index (χ4v) is 4.67. The van der Waals surface area contributed by atoms with Crippen molar-refractivity contribution < 1.29 is 29.3 Å². The number of aliphatic hydroxyl groups excluding tert-OH is 2. The van der Waals surface area contributed by atoms with Gasteiger partial charge in [-0.3, -0.25) is 14.5 Å². The largest absolute Gasteiger partial charge is 0.459 e. The number of carbonyl (C=O) groups is 2. The van der Waals surface area contributed by atoms with Gasteiger partial charge in [-0.2, -0.15) is 0 Å². The number of esters is 2. The van der Waals surface area contributed by atoms with Crippen LogP contribution in [0.2, 0.25) is 0 Å². The monoisotopic (exact) mass is 520 g/mol. The van der Waals surface area contributed by atoms with Crippen LogP contribution in [-0.2, 0) is 19.1 Å². The van der Waals surface area contributed by atoms with E-state index in [1.165, 1.54) is 5.56 Å². The minimum Gasteiger partial charge on any atom is -0.459 e. The van der Waals surface area contributed by atoms with E-state index in [-0.39, 0.29) is 18.0 Å². The van der Waals surface area contributed by atoms with Crippen LogP contribution < -0.4 is 0 Å². The molecule has 1 aromatic rings. The molecule has 2 unspecified atom stereocenters. The van der Waals surface area contributed by atoms with Crippen LogP contribution in [0.15, 0.2) is 30.3 Å². The van der Waals surface area contributed by atoms with Gasteiger partial charge in [0.25, 0.3) is 0 Å². The van der Waals surface area contributed by atoms with Gasteiger partial charge in [0, 0.05) is 32.2 Å². The lowest BCUT2D eigenvalue weighted by molar-refractivity contribution is -0.171. The van der Waals surface area contributed by atoms with Gasteiger partial charge in [-0.25, -0.2) is 0 Å². The highest BCUT2D eigenvalue weighted by Gasteiger charge is 2.51. The van der Waals surface area contributed by atoms with Crippen molar-refractivity contribution in [3.8, 4) is 0 Å². The zero-order valence-corrected chi connectivity index (χ0v) is 24.4. The summed E-state index contributed by atoms with van der Waals surface area (Å²) in [7, 11) is 1.89. The van der Waals surface area contributed by atoms with Gasteiger partial charge in [0.05, 0.1) is 12.2 Å². The summed E-state index contributed by atoms with van der Waals surface area (Å²) < 4.78 is 10.8. The fourth-order valence-electron chi connectivity index (χ4n) is 4.67. The maximum absolute atomic E-state index is 12.5. The lowest BCUT2D eigenvalue weighted by Gasteiger charge is -2.30. The minimum atomic E-state index is -0.879. The Labute approximate surface area is 222 Å². The molecule has 0 amide bonds. The van der Waals surface area contributed by atoms with E-state index < -0.39 is 34.2 Å². The fraction of sp³-hybridized carbons (Fsp3) is 0.724. The molecule has 37 heavy (non-hydrogen) atoms. The Kier molecular flexibility index (Phi) is 9.62. The molecule has 1 aromatic carbocycles. The summed E-state index contributed by atoms with van der Waals surface area (Å²) in [5.74, 6) is -0.637. The van der Waals surface area contributed by atoms with Crippen molar-refractivity contribution >= 4 is 11.9 Å². The molecule has 3 rings (SSSR count). The summed E-state index contributed by atoms with van der Waals surface area (Å²) >= 11 is 0. The van der Waals surface area contributed by atoms with E-state index in [0.717, 1.165) is 0 Å². The topological polar surface area (TPSA) is 99.5 Å². The van der Waals surface area contributed by atoms with Crippen molar-refractivity contribution in [2.24, 2.45) is 10.8 Å². The molecule has 210 valence electrons. The summed E-state index contributed by atoms with van der Waals surface area (Å²) in [4.78, 5) is 28.5. The minimum absolute atomic E-state index is 0.153. The molecule has 0 aromatic heterocycles. The normalized spacial score (nSPS) is 29.8. The molecular formula is C29H48N2O6. The summed E-state index contributed by atoms with van der Waals surface area (Å²) in [5, 5.41) is 20.3. The van der Waals surface area contributed by atoms with Gasteiger partial charge in [0.1, 0.15) is 22.0 Å². The van der Waals surface area contributed by atoms with Crippen molar-refractivity contribution in [1.29, 1.82) is 0 Å². The molecule has 0 radical (unpaired) electrons. The third-order valence-electron chi connectivity index (χ3n) is 7.05. The molecule has 8 nitrogen and oxygen atoms in total. The number of hydrogen-bond donors (Lipinski definition) is 2. The van der Waals surface area contributed by atoms with E-state index in [4.69, 9.17) is 9.47 Å². The summed E-state index contributed by atoms with van der Waals surface area (Å²) in [6.07, 6.45) is -1.36. The number of β-amino-alcohol motifs (C(OH)–C–C–N with tert-alkyl or cyclic N) is 2. The second kappa shape index (κ2) is 11.4. The molecule has 0 aliphatic carbocycles. The van der Waals surface area contributed by atoms with E-state index in [0.29, 0.717) is 26.2 Å². The van der Waals surface area contributed by atoms with Crippen LogP contribution in [0.5, 0.6) is 0 Å². The smallest absolute Gasteiger partial charge is 0.316 e. The lowest BCUT2D eigenvalue weighted by atomic mass is 9.87. The first-order valence-electron chi connectivity index (χ1n) is 13.1. The zero-order valence-electron chi connectivity index (χ0n) is 24.4. The van der Waals surface area contributed by atoms with Gasteiger partial charge < -0.3 is 24.6 Å². The highest BCUT2D eigenvalue weighted by atomic mass is 16.6. The van der Waals surface area contributed by atoms with Crippen molar-refractivity contribution in [2.45, 2.75) is 91.8 Å². The lowest BCUT2D eigenvalue weighted by Crippen LogP contribution is -2.43. The number of likely N-dealkylation sites (tertiary alicyclic amines) is 2. The maximum atomic E-state index is 12.5. The van der Waals surface area contributed by atoms with Crippen molar-refractivity contribution in [3.63, 3.8) is 0 Å². The predicted molar refractivity (Wildman–Crippen MR) is 144 cm³/mol. The van der Waals surface area contributed by atoms with Crippen LogP contribution in [0.4, 0.5) is 0 Å². The summed E-state index contributed by atoms with van der Waals surface area (Å²) in [6, 6.07) is 10.3. The van der Waals surface area contributed by atoms with Crippen LogP contribution >= 0.6 is 0 Å². The SMILES string of the molecule is CN1CC(O)[C@](C)(C(=O)OC(C)(C)C)C1.C[C@H](c1ccccc1)N1CC(O)[C@](C)(C(=O)OC(C)(C)C)C1. The molecule has 2 heterocycles. The Balaban J connectivity index is 0.000000281. The standard InChI is InChI=1S/C18H27NO3.C11H21NO3/c1-13(14-9-7-6-8-10-14)19-11-15(20)18(5,12-19)16(21)22-17(2,3)4;1-10(2,3)15-9(14)11(4)7-12(5)6-8(11)13/h6-10,13,15,20H,11-12H2,1-5H3;8,13H,6-7H2,1-5H3/t13-,15?,18-;8?,11-/m11/s1. The molecule has 0 saturated carbocycles. The van der Waals surface area contributed by atoms with Crippen LogP contribution in [0.25, 0.3) is 0 Å². The van der Waals surface area contributed by atoms with E-state index in [1.54, 1.807) is 13.8 Å². The first-order valence-corrected chi connectivity index (χ1v) is 13.1. The molecule has 8 heteroatoms. The molecule has 2 N–H and O–H groups in total. The summed E-state index contributed by atoms with van der Waals surface area (Å²) in [6.45, 7) is 18.7. The van der Waals surface area contributed by atoms with E-state index in [9.17, 15) is 19.8 Å². The first-order chi connectivity index (χ1) is 16.8. The number of likely N-dealkylation sites (N-methyl/N-ethyl adjacent to an activating group) is 1. The highest BCUT2D eigenvalue weighted by molar-refractivity contribution is 5.79. The average Bonchev–Trinajstić information content (AvgIpc) is 3.21. The Morgan fingerprint density at radius 1 is 0.865 bits per heavy atom. The van der Waals surface area contributed by atoms with Gasteiger partial charge in [0.15, 0.2) is 0 Å². The van der Waals surface area contributed by atoms with Crippen molar-refractivity contribution in [3.05, 3.63) is 35.9 Å². The molecule has 0 bridgehead atoms. The highest BCUT2D eigenvalue weighted by Crippen LogP contribution is 2.37. The van der Waals surface area contributed by atoms with Crippen molar-refractivity contribution in [1.82, 2.24) is 9.80 Å². The van der Waals surface area contributed by atoms with Crippen LogP contribution in [0.3, 0.4) is 0 Å². The van der Waals surface area contributed by atoms with Gasteiger partial charge in [-0.15, -0.1) is 0 Å². The molecule has 2 aliphatic rings. The number of ether oxygens (including phenoxy) is 2. The number of carbonyl (C=O) groups excluding carboxylic acids is 2. The first kappa shape index (κ1) is 31.2. The number of aliphatic hydroxyl groups is 2. The molecule has 2 fully saturated rings. The molecule has 2 saturated heterocycles. The zero-order chi connectivity index (χ0) is 28.4. The van der Waals surface area contributed by atoms with Gasteiger partial charge in [-0.1, -0.05) is 30.3 Å². The van der Waals surface area contributed by atoms with Crippen LogP contribution in [-0.4, -0.2) is 88.6 Å². The van der Waals surface area contributed by atoms with Crippen LogP contribution in [0, 0.1) is 10.8 Å². The third-order valence-corrected chi connectivity index (χ3v) is 7.05. The predicted octanol–water partition coefficient (Wildman–Crippen LogP) is 3.41. The summed E-state index contributed by atoms with van der Waals surface area (Å²) in [5.41, 5.74) is -1.53. The Hall–Kier alpha value is -2.00.